The maximum atomic E-state index is 12.0. The molecule has 2 aromatic rings. The van der Waals surface area contributed by atoms with E-state index in [1.165, 1.54) is 11.1 Å². The van der Waals surface area contributed by atoms with Crippen LogP contribution in [0, 0.1) is 0 Å². The minimum absolute atomic E-state index is 0.0561. The van der Waals surface area contributed by atoms with Crippen LogP contribution in [-0.4, -0.2) is 21.9 Å². The molecule has 0 unspecified atom stereocenters. The number of benzene rings is 1. The Labute approximate surface area is 105 Å². The lowest BCUT2D eigenvalue weighted by Crippen LogP contribution is -2.44. The maximum Gasteiger partial charge on any atom is 0.244 e. The number of H-pyrrole nitrogens is 1. The number of hydrogen-bond acceptors (Lipinski definition) is 3. The van der Waals surface area contributed by atoms with Crippen LogP contribution in [0.25, 0.3) is 0 Å². The standard InChI is InChI=1S/C13H14N4O/c18-12(17-13-14-5-6-15-13)11-7-9-3-1-2-4-10(9)8-16-11/h1-6,11,16H,7-8H2,(H2,14,15,17,18)/t11-/m1/s1. The molecule has 0 spiro atoms. The van der Waals surface area contributed by atoms with E-state index in [2.05, 4.69) is 32.7 Å². The van der Waals surface area contributed by atoms with Crippen LogP contribution in [0.3, 0.4) is 0 Å². The fourth-order valence-electron chi connectivity index (χ4n) is 2.18. The van der Waals surface area contributed by atoms with Crippen LogP contribution < -0.4 is 10.6 Å². The Hall–Kier alpha value is -2.14. The summed E-state index contributed by atoms with van der Waals surface area (Å²) in [6.07, 6.45) is 4.00. The van der Waals surface area contributed by atoms with Gasteiger partial charge in [-0.05, 0) is 17.5 Å². The predicted molar refractivity (Wildman–Crippen MR) is 68.0 cm³/mol. The second-order valence-electron chi connectivity index (χ2n) is 4.33. The summed E-state index contributed by atoms with van der Waals surface area (Å²) >= 11 is 0. The molecule has 1 aromatic heterocycles. The SMILES string of the molecule is O=C(Nc1ncc[nH]1)[C@H]1Cc2ccccc2CN1. The highest BCUT2D eigenvalue weighted by Gasteiger charge is 2.24. The van der Waals surface area contributed by atoms with Gasteiger partial charge in [0.2, 0.25) is 11.9 Å². The third-order valence-electron chi connectivity index (χ3n) is 3.14. The van der Waals surface area contributed by atoms with Crippen molar-refractivity contribution in [2.45, 2.75) is 19.0 Å². The van der Waals surface area contributed by atoms with E-state index in [9.17, 15) is 4.79 Å². The van der Waals surface area contributed by atoms with E-state index >= 15 is 0 Å². The topological polar surface area (TPSA) is 69.8 Å². The molecular formula is C13H14N4O. The van der Waals surface area contributed by atoms with Gasteiger partial charge in [0.1, 0.15) is 0 Å². The van der Waals surface area contributed by atoms with Gasteiger partial charge in [0.05, 0.1) is 6.04 Å². The predicted octanol–water partition coefficient (Wildman–Crippen LogP) is 1.06. The van der Waals surface area contributed by atoms with Crippen molar-refractivity contribution in [2.24, 2.45) is 0 Å². The van der Waals surface area contributed by atoms with Gasteiger partial charge in [-0.1, -0.05) is 24.3 Å². The highest BCUT2D eigenvalue weighted by atomic mass is 16.2. The molecule has 0 aliphatic carbocycles. The molecule has 18 heavy (non-hydrogen) atoms. The molecule has 0 saturated carbocycles. The van der Waals surface area contributed by atoms with E-state index in [1.807, 2.05) is 12.1 Å². The van der Waals surface area contributed by atoms with E-state index in [-0.39, 0.29) is 11.9 Å². The molecule has 3 N–H and O–H groups in total. The second kappa shape index (κ2) is 4.62. The summed E-state index contributed by atoms with van der Waals surface area (Å²) in [5, 5.41) is 5.99. The van der Waals surface area contributed by atoms with E-state index in [1.54, 1.807) is 12.4 Å². The largest absolute Gasteiger partial charge is 0.331 e. The van der Waals surface area contributed by atoms with Crippen LogP contribution in [-0.2, 0) is 17.8 Å². The number of nitrogens with zero attached hydrogens (tertiary/aromatic N) is 1. The zero-order chi connectivity index (χ0) is 12.4. The average molecular weight is 242 g/mol. The first-order valence-electron chi connectivity index (χ1n) is 5.93. The molecule has 0 saturated heterocycles. The smallest absolute Gasteiger partial charge is 0.244 e. The summed E-state index contributed by atoms with van der Waals surface area (Å²) in [7, 11) is 0. The Morgan fingerprint density at radius 1 is 1.33 bits per heavy atom. The monoisotopic (exact) mass is 242 g/mol. The first kappa shape index (κ1) is 11.0. The molecule has 92 valence electrons. The van der Waals surface area contributed by atoms with Gasteiger partial charge in [0, 0.05) is 18.9 Å². The van der Waals surface area contributed by atoms with E-state index in [0.29, 0.717) is 12.4 Å². The normalized spacial score (nSPS) is 18.1. The quantitative estimate of drug-likeness (QED) is 0.737. The Balaban J connectivity index is 1.70. The van der Waals surface area contributed by atoms with Crippen LogP contribution >= 0.6 is 0 Å². The van der Waals surface area contributed by atoms with Crippen LogP contribution in [0.2, 0.25) is 0 Å². The summed E-state index contributed by atoms with van der Waals surface area (Å²) in [6, 6.07) is 7.98. The Morgan fingerprint density at radius 2 is 2.17 bits per heavy atom. The van der Waals surface area contributed by atoms with Gasteiger partial charge < -0.3 is 10.3 Å². The van der Waals surface area contributed by atoms with Crippen molar-refractivity contribution in [1.82, 2.24) is 15.3 Å². The fraction of sp³-hybridized carbons (Fsp3) is 0.231. The number of carbonyl (C=O) groups excluding carboxylic acids is 1. The van der Waals surface area contributed by atoms with E-state index in [0.717, 1.165) is 6.54 Å². The van der Waals surface area contributed by atoms with Crippen molar-refractivity contribution in [3.05, 3.63) is 47.8 Å². The highest BCUT2D eigenvalue weighted by Crippen LogP contribution is 2.16. The summed E-state index contributed by atoms with van der Waals surface area (Å²) < 4.78 is 0. The summed E-state index contributed by atoms with van der Waals surface area (Å²) in [5.41, 5.74) is 2.50. The van der Waals surface area contributed by atoms with E-state index < -0.39 is 0 Å². The number of carbonyl (C=O) groups is 1. The lowest BCUT2D eigenvalue weighted by atomic mass is 9.95. The molecule has 1 aliphatic heterocycles. The lowest BCUT2D eigenvalue weighted by Gasteiger charge is -2.24. The van der Waals surface area contributed by atoms with Crippen molar-refractivity contribution in [3.63, 3.8) is 0 Å². The Morgan fingerprint density at radius 3 is 2.94 bits per heavy atom. The number of aromatic nitrogens is 2. The van der Waals surface area contributed by atoms with Crippen molar-refractivity contribution in [1.29, 1.82) is 0 Å². The number of amides is 1. The highest BCUT2D eigenvalue weighted by molar-refractivity contribution is 5.93. The third kappa shape index (κ3) is 2.12. The molecule has 5 heteroatoms. The number of nitrogens with one attached hydrogen (secondary N) is 3. The van der Waals surface area contributed by atoms with Crippen molar-refractivity contribution in [2.75, 3.05) is 5.32 Å². The van der Waals surface area contributed by atoms with Crippen molar-refractivity contribution >= 4 is 11.9 Å². The molecular weight excluding hydrogens is 228 g/mol. The molecule has 0 radical (unpaired) electrons. The zero-order valence-corrected chi connectivity index (χ0v) is 9.81. The van der Waals surface area contributed by atoms with E-state index in [4.69, 9.17) is 0 Å². The van der Waals surface area contributed by atoms with Gasteiger partial charge in [-0.25, -0.2) is 4.98 Å². The number of imidazole rings is 1. The van der Waals surface area contributed by atoms with Gasteiger partial charge in [0.25, 0.3) is 0 Å². The first-order valence-corrected chi connectivity index (χ1v) is 5.93. The van der Waals surface area contributed by atoms with Crippen LogP contribution in [0.4, 0.5) is 5.95 Å². The Bertz CT molecular complexity index is 550. The molecule has 1 amide bonds. The first-order chi connectivity index (χ1) is 8.83. The summed E-state index contributed by atoms with van der Waals surface area (Å²) in [6.45, 7) is 0.729. The van der Waals surface area contributed by atoms with Crippen LogP contribution in [0.5, 0.6) is 0 Å². The third-order valence-corrected chi connectivity index (χ3v) is 3.14. The molecule has 1 aromatic carbocycles. The molecule has 1 aliphatic rings. The second-order valence-corrected chi connectivity index (χ2v) is 4.33. The van der Waals surface area contributed by atoms with Crippen molar-refractivity contribution in [3.8, 4) is 0 Å². The summed E-state index contributed by atoms with van der Waals surface area (Å²) in [4.78, 5) is 18.9. The lowest BCUT2D eigenvalue weighted by molar-refractivity contribution is -0.118. The number of rotatable bonds is 2. The van der Waals surface area contributed by atoms with Gasteiger partial charge in [0.15, 0.2) is 0 Å². The van der Waals surface area contributed by atoms with Crippen LogP contribution in [0.15, 0.2) is 36.7 Å². The molecule has 0 fully saturated rings. The number of anilines is 1. The maximum absolute atomic E-state index is 12.0. The van der Waals surface area contributed by atoms with Crippen LogP contribution in [0.1, 0.15) is 11.1 Å². The number of fused-ring (bicyclic) bond motifs is 1. The Kier molecular flexibility index (Phi) is 2.82. The van der Waals surface area contributed by atoms with Gasteiger partial charge in [-0.15, -0.1) is 0 Å². The minimum atomic E-state index is -0.204. The molecule has 0 bridgehead atoms. The van der Waals surface area contributed by atoms with Crippen molar-refractivity contribution < 1.29 is 4.79 Å². The van der Waals surface area contributed by atoms with Gasteiger partial charge in [-0.3, -0.25) is 10.1 Å². The van der Waals surface area contributed by atoms with Gasteiger partial charge in [-0.2, -0.15) is 0 Å². The summed E-state index contributed by atoms with van der Waals surface area (Å²) in [5.74, 6) is 0.431. The number of aromatic amines is 1. The minimum Gasteiger partial charge on any atom is -0.331 e. The molecule has 3 rings (SSSR count). The fourth-order valence-corrected chi connectivity index (χ4v) is 2.18. The average Bonchev–Trinajstić information content (AvgIpc) is 2.91. The van der Waals surface area contributed by atoms with Gasteiger partial charge >= 0.3 is 0 Å². The molecule has 1 atom stereocenters. The number of hydrogen-bond donors (Lipinski definition) is 3. The molecule has 5 nitrogen and oxygen atoms in total. The molecule has 2 heterocycles. The zero-order valence-electron chi connectivity index (χ0n) is 9.81.